The number of rotatable bonds is 5. The van der Waals surface area contributed by atoms with Crippen molar-refractivity contribution in [2.24, 2.45) is 0 Å². The third kappa shape index (κ3) is 3.86. The van der Waals surface area contributed by atoms with Gasteiger partial charge in [0.15, 0.2) is 0 Å². The molecule has 0 aliphatic carbocycles. The molecular weight excluding hydrogens is 360 g/mol. The summed E-state index contributed by atoms with van der Waals surface area (Å²) in [5.74, 6) is 0.0704. The molecule has 1 N–H and O–H groups in total. The number of anilines is 1. The summed E-state index contributed by atoms with van der Waals surface area (Å²) in [6.45, 7) is 2.42. The van der Waals surface area contributed by atoms with Crippen LogP contribution < -0.4 is 9.62 Å². The van der Waals surface area contributed by atoms with E-state index >= 15 is 0 Å². The van der Waals surface area contributed by atoms with Crippen LogP contribution in [0.1, 0.15) is 31.4 Å². The van der Waals surface area contributed by atoms with E-state index in [1.807, 2.05) is 6.07 Å². The maximum Gasteiger partial charge on any atom is 0.241 e. The molecule has 0 unspecified atom stereocenters. The van der Waals surface area contributed by atoms with E-state index < -0.39 is 16.1 Å². The number of halogens is 1. The lowest BCUT2D eigenvalue weighted by Crippen LogP contribution is -2.27. The van der Waals surface area contributed by atoms with Gasteiger partial charge in [0.1, 0.15) is 0 Å². The van der Waals surface area contributed by atoms with E-state index in [2.05, 4.69) is 4.72 Å². The van der Waals surface area contributed by atoms with E-state index in [9.17, 15) is 13.2 Å². The monoisotopic (exact) mass is 378 g/mol. The predicted molar refractivity (Wildman–Crippen MR) is 98.2 cm³/mol. The Bertz CT molecular complexity index is 881. The summed E-state index contributed by atoms with van der Waals surface area (Å²) in [5.41, 5.74) is 1.44. The van der Waals surface area contributed by atoms with Crippen molar-refractivity contribution < 1.29 is 13.2 Å². The Labute approximate surface area is 152 Å². The highest BCUT2D eigenvalue weighted by molar-refractivity contribution is 7.89. The zero-order valence-corrected chi connectivity index (χ0v) is 15.3. The smallest absolute Gasteiger partial charge is 0.241 e. The molecule has 3 rings (SSSR count). The SMILES string of the molecule is C[C@H](NS(=O)(=O)c1ccc(N2CCCC2=O)cc1)c1ccccc1Cl. The van der Waals surface area contributed by atoms with E-state index in [1.165, 1.54) is 12.1 Å². The van der Waals surface area contributed by atoms with Crippen LogP contribution in [0.2, 0.25) is 5.02 Å². The molecule has 1 atom stereocenters. The molecule has 1 fully saturated rings. The molecular formula is C18H19ClN2O3S. The normalized spacial score (nSPS) is 16.2. The summed E-state index contributed by atoms with van der Waals surface area (Å²) < 4.78 is 27.8. The summed E-state index contributed by atoms with van der Waals surface area (Å²) in [7, 11) is -3.69. The number of sulfonamides is 1. The number of hydrogen-bond donors (Lipinski definition) is 1. The molecule has 2 aromatic rings. The van der Waals surface area contributed by atoms with Gasteiger partial charge in [-0.3, -0.25) is 4.79 Å². The van der Waals surface area contributed by atoms with Crippen LogP contribution >= 0.6 is 11.6 Å². The average molecular weight is 379 g/mol. The number of nitrogens with zero attached hydrogens (tertiary/aromatic N) is 1. The molecule has 0 spiro atoms. The molecule has 1 amide bonds. The van der Waals surface area contributed by atoms with Gasteiger partial charge in [-0.25, -0.2) is 13.1 Å². The molecule has 0 saturated carbocycles. The minimum Gasteiger partial charge on any atom is -0.312 e. The van der Waals surface area contributed by atoms with Crippen molar-refractivity contribution in [3.8, 4) is 0 Å². The molecule has 1 heterocycles. The highest BCUT2D eigenvalue weighted by Gasteiger charge is 2.23. The van der Waals surface area contributed by atoms with Gasteiger partial charge in [-0.2, -0.15) is 0 Å². The minimum atomic E-state index is -3.69. The van der Waals surface area contributed by atoms with Crippen molar-refractivity contribution in [3.63, 3.8) is 0 Å². The van der Waals surface area contributed by atoms with E-state index in [0.29, 0.717) is 23.6 Å². The third-order valence-corrected chi connectivity index (χ3v) is 6.14. The molecule has 7 heteroatoms. The minimum absolute atomic E-state index is 0.0704. The van der Waals surface area contributed by atoms with Crippen molar-refractivity contribution in [3.05, 3.63) is 59.1 Å². The highest BCUT2D eigenvalue weighted by Crippen LogP contribution is 2.26. The van der Waals surface area contributed by atoms with Crippen molar-refractivity contribution in [1.29, 1.82) is 0 Å². The van der Waals surface area contributed by atoms with Crippen molar-refractivity contribution in [2.45, 2.75) is 30.7 Å². The fraction of sp³-hybridized carbons (Fsp3) is 0.278. The molecule has 25 heavy (non-hydrogen) atoms. The Kier molecular flexibility index (Phi) is 5.13. The topological polar surface area (TPSA) is 66.5 Å². The maximum absolute atomic E-state index is 12.6. The first kappa shape index (κ1) is 17.9. The van der Waals surface area contributed by atoms with Crippen molar-refractivity contribution in [1.82, 2.24) is 4.72 Å². The van der Waals surface area contributed by atoms with Gasteiger partial charge >= 0.3 is 0 Å². The number of carbonyl (C=O) groups is 1. The van der Waals surface area contributed by atoms with Crippen LogP contribution in [0.4, 0.5) is 5.69 Å². The van der Waals surface area contributed by atoms with Crippen LogP contribution in [0.3, 0.4) is 0 Å². The fourth-order valence-corrected chi connectivity index (χ4v) is 4.44. The first-order chi connectivity index (χ1) is 11.9. The zero-order valence-electron chi connectivity index (χ0n) is 13.8. The van der Waals surface area contributed by atoms with Gasteiger partial charge in [0.2, 0.25) is 15.9 Å². The quantitative estimate of drug-likeness (QED) is 0.865. The first-order valence-electron chi connectivity index (χ1n) is 8.06. The van der Waals surface area contributed by atoms with Crippen molar-refractivity contribution >= 4 is 33.2 Å². The lowest BCUT2D eigenvalue weighted by molar-refractivity contribution is -0.117. The van der Waals surface area contributed by atoms with Crippen LogP contribution in [0, 0.1) is 0 Å². The largest absolute Gasteiger partial charge is 0.312 e. The Balaban J connectivity index is 1.78. The Morgan fingerprint density at radius 3 is 2.40 bits per heavy atom. The second-order valence-corrected chi connectivity index (χ2v) is 8.13. The van der Waals surface area contributed by atoms with Gasteiger partial charge in [-0.1, -0.05) is 29.8 Å². The summed E-state index contributed by atoms with van der Waals surface area (Å²) in [4.78, 5) is 13.6. The second kappa shape index (κ2) is 7.15. The number of nitrogens with one attached hydrogen (secondary N) is 1. The van der Waals surface area contributed by atoms with Gasteiger partial charge in [0.05, 0.1) is 4.90 Å². The molecule has 1 saturated heterocycles. The maximum atomic E-state index is 12.6. The molecule has 5 nitrogen and oxygen atoms in total. The molecule has 1 aliphatic rings. The summed E-state index contributed by atoms with van der Waals surface area (Å²) >= 11 is 6.13. The fourth-order valence-electron chi connectivity index (χ4n) is 2.92. The third-order valence-electron chi connectivity index (χ3n) is 4.24. The second-order valence-electron chi connectivity index (χ2n) is 6.01. The zero-order chi connectivity index (χ0) is 18.0. The van der Waals surface area contributed by atoms with Gasteiger partial charge in [0, 0.05) is 29.7 Å². The summed E-state index contributed by atoms with van der Waals surface area (Å²) in [6, 6.07) is 13.0. The number of amides is 1. The predicted octanol–water partition coefficient (Wildman–Crippen LogP) is 3.51. The van der Waals surface area contributed by atoms with E-state index in [0.717, 1.165) is 12.1 Å². The first-order valence-corrected chi connectivity index (χ1v) is 9.92. The molecule has 0 bridgehead atoms. The van der Waals surface area contributed by atoms with Crippen molar-refractivity contribution in [2.75, 3.05) is 11.4 Å². The molecule has 0 aromatic heterocycles. The molecule has 1 aliphatic heterocycles. The van der Waals surface area contributed by atoms with Gasteiger partial charge in [-0.05, 0) is 49.2 Å². The Hall–Kier alpha value is -1.89. The van der Waals surface area contributed by atoms with Crippen LogP contribution in [-0.4, -0.2) is 20.9 Å². The number of hydrogen-bond acceptors (Lipinski definition) is 3. The Morgan fingerprint density at radius 2 is 1.80 bits per heavy atom. The van der Waals surface area contributed by atoms with Crippen LogP contribution in [0.5, 0.6) is 0 Å². The van der Waals surface area contributed by atoms with Crippen LogP contribution in [0.15, 0.2) is 53.4 Å². The standard InChI is InChI=1S/C18H19ClN2O3S/c1-13(16-5-2-3-6-17(16)19)20-25(23,24)15-10-8-14(9-11-15)21-12-4-7-18(21)22/h2-3,5-6,8-11,13,20H,4,7,12H2,1H3/t13-/m0/s1. The molecule has 132 valence electrons. The summed E-state index contributed by atoms with van der Waals surface area (Å²) in [6.07, 6.45) is 1.37. The van der Waals surface area contributed by atoms with Gasteiger partial charge in [-0.15, -0.1) is 0 Å². The van der Waals surface area contributed by atoms with E-state index in [-0.39, 0.29) is 10.8 Å². The lowest BCUT2D eigenvalue weighted by atomic mass is 10.1. The Morgan fingerprint density at radius 1 is 1.12 bits per heavy atom. The van der Waals surface area contributed by atoms with Gasteiger partial charge in [0.25, 0.3) is 0 Å². The average Bonchev–Trinajstić information content (AvgIpc) is 3.01. The number of carbonyl (C=O) groups excluding carboxylic acids is 1. The molecule has 0 radical (unpaired) electrons. The van der Waals surface area contributed by atoms with Gasteiger partial charge < -0.3 is 4.90 Å². The van der Waals surface area contributed by atoms with E-state index in [1.54, 1.807) is 42.2 Å². The van der Waals surface area contributed by atoms with E-state index in [4.69, 9.17) is 11.6 Å². The highest BCUT2D eigenvalue weighted by atomic mass is 35.5. The summed E-state index contributed by atoms with van der Waals surface area (Å²) in [5, 5.41) is 0.514. The van der Waals surface area contributed by atoms with Crippen LogP contribution in [0.25, 0.3) is 0 Å². The number of benzene rings is 2. The molecule has 2 aromatic carbocycles. The van der Waals surface area contributed by atoms with Crippen LogP contribution in [-0.2, 0) is 14.8 Å². The lowest BCUT2D eigenvalue weighted by Gasteiger charge is -2.18.